The van der Waals surface area contributed by atoms with Crippen LogP contribution in [0, 0.1) is 5.92 Å². The Morgan fingerprint density at radius 2 is 1.53 bits per heavy atom. The van der Waals surface area contributed by atoms with Crippen molar-refractivity contribution in [3.63, 3.8) is 0 Å². The quantitative estimate of drug-likeness (QED) is 0.746. The largest absolute Gasteiger partial charge is 0.304 e. The highest BCUT2D eigenvalue weighted by atomic mass is 15.3. The van der Waals surface area contributed by atoms with Gasteiger partial charge in [0.05, 0.1) is 0 Å². The van der Waals surface area contributed by atoms with Gasteiger partial charge in [0.15, 0.2) is 0 Å². The molecule has 1 heterocycles. The molecular formula is C15H30N2. The van der Waals surface area contributed by atoms with Gasteiger partial charge in [-0.2, -0.15) is 0 Å². The second-order valence-corrected chi connectivity index (χ2v) is 6.67. The van der Waals surface area contributed by atoms with Crippen molar-refractivity contribution in [1.82, 2.24) is 9.80 Å². The molecule has 0 amide bonds. The molecule has 2 nitrogen and oxygen atoms in total. The molecule has 0 unspecified atom stereocenters. The Labute approximate surface area is 107 Å². The van der Waals surface area contributed by atoms with Gasteiger partial charge < -0.3 is 4.90 Å². The van der Waals surface area contributed by atoms with Gasteiger partial charge in [-0.1, -0.05) is 33.1 Å². The average Bonchev–Trinajstić information content (AvgIpc) is 2.30. The summed E-state index contributed by atoms with van der Waals surface area (Å²) in [7, 11) is 2.26. The molecule has 0 N–H and O–H groups in total. The van der Waals surface area contributed by atoms with Crippen LogP contribution in [0.4, 0.5) is 0 Å². The van der Waals surface area contributed by atoms with Crippen molar-refractivity contribution < 1.29 is 0 Å². The lowest BCUT2D eigenvalue weighted by atomic mass is 9.75. The minimum atomic E-state index is 0.563. The van der Waals surface area contributed by atoms with E-state index in [1.54, 1.807) is 0 Å². The average molecular weight is 238 g/mol. The first kappa shape index (κ1) is 13.4. The summed E-state index contributed by atoms with van der Waals surface area (Å²) >= 11 is 0. The molecule has 0 spiro atoms. The first-order chi connectivity index (χ1) is 8.12. The number of rotatable bonds is 3. The second kappa shape index (κ2) is 5.71. The standard InChI is InChI=1S/C15H30N2/c1-14(2)13-15(7-5-4-6-8-15)17-11-9-16(3)10-12-17/h14H,4-13H2,1-3H3. The van der Waals surface area contributed by atoms with Gasteiger partial charge in [-0.05, 0) is 32.2 Å². The van der Waals surface area contributed by atoms with Crippen molar-refractivity contribution in [2.45, 2.75) is 57.9 Å². The lowest BCUT2D eigenvalue weighted by Crippen LogP contribution is -2.57. The van der Waals surface area contributed by atoms with E-state index in [4.69, 9.17) is 0 Å². The molecule has 0 radical (unpaired) electrons. The van der Waals surface area contributed by atoms with E-state index in [-0.39, 0.29) is 0 Å². The first-order valence-corrected chi connectivity index (χ1v) is 7.56. The molecule has 1 aliphatic carbocycles. The highest BCUT2D eigenvalue weighted by molar-refractivity contribution is 4.95. The number of nitrogens with zero attached hydrogens (tertiary/aromatic N) is 2. The normalized spacial score (nSPS) is 27.5. The molecule has 1 aliphatic heterocycles. The predicted molar refractivity (Wildman–Crippen MR) is 74.3 cm³/mol. The van der Waals surface area contributed by atoms with Gasteiger partial charge in [0.25, 0.3) is 0 Å². The molecule has 0 atom stereocenters. The lowest BCUT2D eigenvalue weighted by Gasteiger charge is -2.50. The van der Waals surface area contributed by atoms with Crippen LogP contribution in [-0.4, -0.2) is 48.6 Å². The van der Waals surface area contributed by atoms with Crippen molar-refractivity contribution in [2.24, 2.45) is 5.92 Å². The minimum absolute atomic E-state index is 0.563. The van der Waals surface area contributed by atoms with Crippen molar-refractivity contribution in [2.75, 3.05) is 33.2 Å². The fourth-order valence-corrected chi connectivity index (χ4v) is 3.90. The van der Waals surface area contributed by atoms with Crippen molar-refractivity contribution in [3.05, 3.63) is 0 Å². The fraction of sp³-hybridized carbons (Fsp3) is 1.00. The fourth-order valence-electron chi connectivity index (χ4n) is 3.90. The van der Waals surface area contributed by atoms with Crippen LogP contribution in [0.3, 0.4) is 0 Å². The predicted octanol–water partition coefficient (Wildman–Crippen LogP) is 2.98. The van der Waals surface area contributed by atoms with E-state index in [2.05, 4.69) is 30.7 Å². The summed E-state index contributed by atoms with van der Waals surface area (Å²) in [6.07, 6.45) is 8.70. The van der Waals surface area contributed by atoms with Gasteiger partial charge in [-0.3, -0.25) is 4.90 Å². The monoisotopic (exact) mass is 238 g/mol. The Kier molecular flexibility index (Phi) is 4.48. The topological polar surface area (TPSA) is 6.48 Å². The molecule has 2 aliphatic rings. The van der Waals surface area contributed by atoms with Gasteiger partial charge in [0.1, 0.15) is 0 Å². The molecule has 1 saturated heterocycles. The molecule has 0 aromatic carbocycles. The summed E-state index contributed by atoms with van der Waals surface area (Å²) in [5, 5.41) is 0. The van der Waals surface area contributed by atoms with Crippen LogP contribution in [0.1, 0.15) is 52.4 Å². The lowest BCUT2D eigenvalue weighted by molar-refractivity contribution is -0.000149. The van der Waals surface area contributed by atoms with Crippen LogP contribution in [0.25, 0.3) is 0 Å². The van der Waals surface area contributed by atoms with E-state index >= 15 is 0 Å². The molecule has 0 bridgehead atoms. The number of likely N-dealkylation sites (N-methyl/N-ethyl adjacent to an activating group) is 1. The summed E-state index contributed by atoms with van der Waals surface area (Å²) in [4.78, 5) is 5.31. The molecule has 0 aromatic heterocycles. The maximum absolute atomic E-state index is 2.84. The zero-order valence-corrected chi connectivity index (χ0v) is 12.0. The molecule has 100 valence electrons. The SMILES string of the molecule is CC(C)CC1(N2CCN(C)CC2)CCCCC1. The summed E-state index contributed by atoms with van der Waals surface area (Å²) in [5.41, 5.74) is 0.563. The van der Waals surface area contributed by atoms with Crippen LogP contribution in [-0.2, 0) is 0 Å². The van der Waals surface area contributed by atoms with Crippen LogP contribution in [0.15, 0.2) is 0 Å². The summed E-state index contributed by atoms with van der Waals surface area (Å²) in [6, 6.07) is 0. The van der Waals surface area contributed by atoms with E-state index in [1.807, 2.05) is 0 Å². The summed E-state index contributed by atoms with van der Waals surface area (Å²) in [6.45, 7) is 9.91. The second-order valence-electron chi connectivity index (χ2n) is 6.67. The Balaban J connectivity index is 2.03. The molecule has 2 rings (SSSR count). The Morgan fingerprint density at radius 1 is 0.941 bits per heavy atom. The van der Waals surface area contributed by atoms with Gasteiger partial charge >= 0.3 is 0 Å². The third-order valence-corrected chi connectivity index (χ3v) is 4.75. The molecule has 2 heteroatoms. The third kappa shape index (κ3) is 3.23. The Bertz CT molecular complexity index is 223. The van der Waals surface area contributed by atoms with Crippen molar-refractivity contribution in [3.8, 4) is 0 Å². The Hall–Kier alpha value is -0.0800. The van der Waals surface area contributed by atoms with Gasteiger partial charge in [0.2, 0.25) is 0 Å². The van der Waals surface area contributed by atoms with Gasteiger partial charge in [-0.15, -0.1) is 0 Å². The number of piperazine rings is 1. The van der Waals surface area contributed by atoms with E-state index in [0.717, 1.165) is 5.92 Å². The van der Waals surface area contributed by atoms with Crippen molar-refractivity contribution in [1.29, 1.82) is 0 Å². The molecule has 2 fully saturated rings. The van der Waals surface area contributed by atoms with Crippen LogP contribution in [0.2, 0.25) is 0 Å². The molecular weight excluding hydrogens is 208 g/mol. The van der Waals surface area contributed by atoms with E-state index in [9.17, 15) is 0 Å². The van der Waals surface area contributed by atoms with E-state index in [0.29, 0.717) is 5.54 Å². The summed E-state index contributed by atoms with van der Waals surface area (Å²) in [5.74, 6) is 0.841. The van der Waals surface area contributed by atoms with E-state index in [1.165, 1.54) is 64.7 Å². The maximum atomic E-state index is 2.84. The van der Waals surface area contributed by atoms with Crippen LogP contribution in [0.5, 0.6) is 0 Å². The van der Waals surface area contributed by atoms with Crippen LogP contribution >= 0.6 is 0 Å². The highest BCUT2D eigenvalue weighted by Crippen LogP contribution is 2.39. The summed E-state index contributed by atoms with van der Waals surface area (Å²) < 4.78 is 0. The van der Waals surface area contributed by atoms with Crippen LogP contribution < -0.4 is 0 Å². The van der Waals surface area contributed by atoms with E-state index < -0.39 is 0 Å². The first-order valence-electron chi connectivity index (χ1n) is 7.56. The molecule has 0 aromatic rings. The third-order valence-electron chi connectivity index (χ3n) is 4.75. The molecule has 1 saturated carbocycles. The molecule has 17 heavy (non-hydrogen) atoms. The number of hydrogen-bond acceptors (Lipinski definition) is 2. The zero-order chi connectivity index (χ0) is 12.3. The smallest absolute Gasteiger partial charge is 0.0213 e. The zero-order valence-electron chi connectivity index (χ0n) is 12.0. The Morgan fingerprint density at radius 3 is 2.06 bits per heavy atom. The van der Waals surface area contributed by atoms with Gasteiger partial charge in [0, 0.05) is 31.7 Å². The van der Waals surface area contributed by atoms with Gasteiger partial charge in [-0.25, -0.2) is 0 Å². The highest BCUT2D eigenvalue weighted by Gasteiger charge is 2.38. The number of hydrogen-bond donors (Lipinski definition) is 0. The van der Waals surface area contributed by atoms with Crippen molar-refractivity contribution >= 4 is 0 Å². The maximum Gasteiger partial charge on any atom is 0.0213 e. The minimum Gasteiger partial charge on any atom is -0.304 e.